The van der Waals surface area contributed by atoms with Crippen molar-refractivity contribution in [2.24, 2.45) is 0 Å². The minimum absolute atomic E-state index is 0.153. The van der Waals surface area contributed by atoms with Gasteiger partial charge in [-0.25, -0.2) is 14.6 Å². The molecule has 8 nitrogen and oxygen atoms in total. The van der Waals surface area contributed by atoms with Crippen LogP contribution < -0.4 is 4.90 Å². The van der Waals surface area contributed by atoms with Gasteiger partial charge in [-0.15, -0.1) is 16.4 Å². The predicted molar refractivity (Wildman–Crippen MR) is 138 cm³/mol. The van der Waals surface area contributed by atoms with Crippen molar-refractivity contribution in [3.8, 4) is 5.69 Å². The summed E-state index contributed by atoms with van der Waals surface area (Å²) in [4.78, 5) is 28.6. The average molecular weight is 484 g/mol. The van der Waals surface area contributed by atoms with Crippen molar-refractivity contribution < 1.29 is 4.79 Å². The third kappa shape index (κ3) is 4.12. The normalized spacial score (nSPS) is 14.2. The first-order chi connectivity index (χ1) is 17.2. The van der Waals surface area contributed by atoms with Crippen molar-refractivity contribution >= 4 is 44.3 Å². The third-order valence-corrected chi connectivity index (χ3v) is 7.72. The lowest BCUT2D eigenvalue weighted by Gasteiger charge is -2.35. The highest BCUT2D eigenvalue weighted by Crippen LogP contribution is 2.31. The lowest BCUT2D eigenvalue weighted by atomic mass is 10.1. The molecule has 35 heavy (non-hydrogen) atoms. The Bertz CT molecular complexity index is 1500. The highest BCUT2D eigenvalue weighted by atomic mass is 32.1. The van der Waals surface area contributed by atoms with Gasteiger partial charge in [-0.1, -0.05) is 36.4 Å². The molecular weight excluding hydrogens is 458 g/mol. The Kier molecular flexibility index (Phi) is 5.61. The van der Waals surface area contributed by atoms with Gasteiger partial charge in [-0.2, -0.15) is 0 Å². The Morgan fingerprint density at radius 2 is 1.80 bits per heavy atom. The number of nitrogens with zero attached hydrogens (tertiary/aromatic N) is 7. The van der Waals surface area contributed by atoms with Gasteiger partial charge in [0.25, 0.3) is 0 Å². The topological polar surface area (TPSA) is 80.0 Å². The highest BCUT2D eigenvalue weighted by Gasteiger charge is 2.24. The molecule has 6 rings (SSSR count). The van der Waals surface area contributed by atoms with Gasteiger partial charge in [-0.3, -0.25) is 4.79 Å². The summed E-state index contributed by atoms with van der Waals surface area (Å²) in [5, 5.41) is 9.60. The second-order valence-electron chi connectivity index (χ2n) is 8.68. The van der Waals surface area contributed by atoms with Crippen LogP contribution >= 0.6 is 11.3 Å². The molecule has 0 N–H and O–H groups in total. The van der Waals surface area contributed by atoms with Crippen LogP contribution in [-0.2, 0) is 17.6 Å². The minimum Gasteiger partial charge on any atom is -0.352 e. The van der Waals surface area contributed by atoms with E-state index in [1.54, 1.807) is 17.7 Å². The summed E-state index contributed by atoms with van der Waals surface area (Å²) in [5.74, 6) is 1.13. The fourth-order valence-electron chi connectivity index (χ4n) is 4.59. The van der Waals surface area contributed by atoms with E-state index in [9.17, 15) is 4.79 Å². The molecule has 1 aliphatic heterocycles. The number of thiophene rings is 1. The number of benzene rings is 2. The van der Waals surface area contributed by atoms with Crippen molar-refractivity contribution in [3.63, 3.8) is 0 Å². The van der Waals surface area contributed by atoms with E-state index in [4.69, 9.17) is 0 Å². The summed E-state index contributed by atoms with van der Waals surface area (Å²) < 4.78 is 1.82. The molecule has 0 bridgehead atoms. The van der Waals surface area contributed by atoms with Gasteiger partial charge < -0.3 is 9.80 Å². The maximum atomic E-state index is 13.0. The first-order valence-electron chi connectivity index (χ1n) is 11.9. The molecule has 0 spiro atoms. The zero-order valence-electron chi connectivity index (χ0n) is 19.5. The summed E-state index contributed by atoms with van der Waals surface area (Å²) in [5.41, 5.74) is 3.75. The van der Waals surface area contributed by atoms with Gasteiger partial charge in [-0.05, 0) is 42.3 Å². The molecule has 1 fully saturated rings. The van der Waals surface area contributed by atoms with E-state index >= 15 is 0 Å². The molecule has 1 amide bonds. The van der Waals surface area contributed by atoms with Crippen LogP contribution in [-0.4, -0.2) is 61.9 Å². The van der Waals surface area contributed by atoms with Crippen LogP contribution in [0.3, 0.4) is 0 Å². The quantitative estimate of drug-likeness (QED) is 0.378. The van der Waals surface area contributed by atoms with Gasteiger partial charge in [0, 0.05) is 31.1 Å². The first kappa shape index (κ1) is 21.7. The van der Waals surface area contributed by atoms with E-state index in [0.29, 0.717) is 19.5 Å². The molecule has 0 unspecified atom stereocenters. The highest BCUT2D eigenvalue weighted by molar-refractivity contribution is 7.18. The van der Waals surface area contributed by atoms with Crippen LogP contribution in [0.4, 0.5) is 5.82 Å². The number of fused-ring (bicyclic) bond motifs is 2. The minimum atomic E-state index is 0.153. The lowest BCUT2D eigenvalue weighted by Crippen LogP contribution is -2.49. The number of para-hydroxylation sites is 1. The van der Waals surface area contributed by atoms with E-state index < -0.39 is 0 Å². The largest absolute Gasteiger partial charge is 0.352 e. The summed E-state index contributed by atoms with van der Waals surface area (Å²) in [6.07, 6.45) is 3.04. The Hall–Kier alpha value is -3.85. The van der Waals surface area contributed by atoms with E-state index in [2.05, 4.69) is 38.2 Å². The fourth-order valence-corrected chi connectivity index (χ4v) is 5.52. The standard InChI is InChI=1S/C26H25N7OS/c1-2-20-16-21-25(27-17-28-26(21)35-20)32-13-11-31(12-14-32)24(34)15-18-7-9-19(10-8-18)33-23-6-4-3-5-22(23)29-30-33/h3-10,16-17H,2,11-15H2,1H3. The molecule has 0 atom stereocenters. The number of aryl methyl sites for hydroxylation is 1. The maximum Gasteiger partial charge on any atom is 0.227 e. The second-order valence-corrected chi connectivity index (χ2v) is 9.80. The molecule has 0 radical (unpaired) electrons. The van der Waals surface area contributed by atoms with Crippen LogP contribution in [0.2, 0.25) is 0 Å². The molecule has 1 saturated heterocycles. The third-order valence-electron chi connectivity index (χ3n) is 6.53. The SMILES string of the molecule is CCc1cc2c(N3CCN(C(=O)Cc4ccc(-n5nnc6ccccc65)cc4)CC3)ncnc2s1. The van der Waals surface area contributed by atoms with Gasteiger partial charge in [0.15, 0.2) is 0 Å². The van der Waals surface area contributed by atoms with Crippen molar-refractivity contribution in [1.82, 2.24) is 29.9 Å². The zero-order valence-corrected chi connectivity index (χ0v) is 20.3. The number of amides is 1. The van der Waals surface area contributed by atoms with Crippen LogP contribution in [0.1, 0.15) is 17.4 Å². The predicted octanol–water partition coefficient (Wildman–Crippen LogP) is 3.88. The van der Waals surface area contributed by atoms with Gasteiger partial charge in [0.05, 0.1) is 23.0 Å². The number of rotatable bonds is 5. The van der Waals surface area contributed by atoms with Gasteiger partial charge >= 0.3 is 0 Å². The summed E-state index contributed by atoms with van der Waals surface area (Å²) >= 11 is 1.73. The van der Waals surface area contributed by atoms with Crippen LogP contribution in [0.5, 0.6) is 0 Å². The lowest BCUT2D eigenvalue weighted by molar-refractivity contribution is -0.130. The van der Waals surface area contributed by atoms with Crippen molar-refractivity contribution in [2.45, 2.75) is 19.8 Å². The molecule has 3 aromatic heterocycles. The van der Waals surface area contributed by atoms with E-state index in [1.165, 1.54) is 4.88 Å². The number of piperazine rings is 1. The average Bonchev–Trinajstić information content (AvgIpc) is 3.53. The van der Waals surface area contributed by atoms with E-state index in [-0.39, 0.29) is 5.91 Å². The van der Waals surface area contributed by atoms with Crippen molar-refractivity contribution in [2.75, 3.05) is 31.1 Å². The Balaban J connectivity index is 1.10. The maximum absolute atomic E-state index is 13.0. The number of anilines is 1. The van der Waals surface area contributed by atoms with Crippen molar-refractivity contribution in [1.29, 1.82) is 0 Å². The smallest absolute Gasteiger partial charge is 0.227 e. The van der Waals surface area contributed by atoms with Crippen LogP contribution in [0, 0.1) is 0 Å². The molecule has 4 heterocycles. The molecule has 0 saturated carbocycles. The molecule has 176 valence electrons. The number of aromatic nitrogens is 5. The van der Waals surface area contributed by atoms with E-state index in [0.717, 1.165) is 57.8 Å². The number of carbonyl (C=O) groups is 1. The number of hydrogen-bond acceptors (Lipinski definition) is 7. The number of carbonyl (C=O) groups excluding carboxylic acids is 1. The van der Waals surface area contributed by atoms with Crippen LogP contribution in [0.15, 0.2) is 60.9 Å². The van der Waals surface area contributed by atoms with E-state index in [1.807, 2.05) is 58.1 Å². The Labute approximate surface area is 206 Å². The fraction of sp³-hybridized carbons (Fsp3) is 0.269. The Morgan fingerprint density at radius 3 is 2.60 bits per heavy atom. The summed E-state index contributed by atoms with van der Waals surface area (Å²) in [7, 11) is 0. The molecule has 9 heteroatoms. The summed E-state index contributed by atoms with van der Waals surface area (Å²) in [6, 6.07) is 18.1. The molecular formula is C26H25N7OS. The number of hydrogen-bond donors (Lipinski definition) is 0. The van der Waals surface area contributed by atoms with Crippen molar-refractivity contribution in [3.05, 3.63) is 71.4 Å². The van der Waals surface area contributed by atoms with Crippen LogP contribution in [0.25, 0.3) is 26.9 Å². The molecule has 5 aromatic rings. The first-order valence-corrected chi connectivity index (χ1v) is 12.7. The monoisotopic (exact) mass is 483 g/mol. The van der Waals surface area contributed by atoms with Gasteiger partial charge in [0.1, 0.15) is 22.5 Å². The zero-order chi connectivity index (χ0) is 23.8. The molecule has 2 aromatic carbocycles. The molecule has 0 aliphatic carbocycles. The molecule has 1 aliphatic rings. The second kappa shape index (κ2) is 9.07. The van der Waals surface area contributed by atoms with Gasteiger partial charge in [0.2, 0.25) is 5.91 Å². The summed E-state index contributed by atoms with van der Waals surface area (Å²) in [6.45, 7) is 5.09. The Morgan fingerprint density at radius 1 is 1.00 bits per heavy atom.